The number of hydrogen-bond acceptors (Lipinski definition) is 1. The zero-order valence-corrected chi connectivity index (χ0v) is 10.3. The zero-order valence-electron chi connectivity index (χ0n) is 10.3. The van der Waals surface area contributed by atoms with Crippen LogP contribution in [0.1, 0.15) is 36.1 Å². The van der Waals surface area contributed by atoms with Crippen LogP contribution in [0.25, 0.3) is 0 Å². The summed E-state index contributed by atoms with van der Waals surface area (Å²) in [6.07, 6.45) is 2.13. The first-order chi connectivity index (χ1) is 8.86. The van der Waals surface area contributed by atoms with Gasteiger partial charge in [-0.3, -0.25) is 0 Å². The standard InChI is InChI=1S/C16H17N2/c17-18-15(13-7-3-1-4-8-13)11-12-16(18)14-9-5-2-6-10-14/h1-10,15-17H,11-12H2/q+1/t15-,16-/m0/s1. The second kappa shape index (κ2) is 4.73. The summed E-state index contributed by atoms with van der Waals surface area (Å²) in [5, 5.41) is 0. The Kier molecular flexibility index (Phi) is 2.93. The predicted octanol–water partition coefficient (Wildman–Crippen LogP) is 4.31. The van der Waals surface area contributed by atoms with Crippen molar-refractivity contribution in [1.82, 2.24) is 0 Å². The van der Waals surface area contributed by atoms with Gasteiger partial charge >= 0.3 is 0 Å². The minimum absolute atomic E-state index is 0.233. The van der Waals surface area contributed by atoms with Crippen LogP contribution in [-0.2, 0) is 0 Å². The molecule has 0 saturated carbocycles. The molecule has 1 N–H and O–H groups in total. The Morgan fingerprint density at radius 3 is 1.50 bits per heavy atom. The van der Waals surface area contributed by atoms with E-state index in [0.717, 1.165) is 12.8 Å². The van der Waals surface area contributed by atoms with Crippen LogP contribution in [0.3, 0.4) is 0 Å². The van der Waals surface area contributed by atoms with Gasteiger partial charge in [0, 0.05) is 24.0 Å². The van der Waals surface area contributed by atoms with Gasteiger partial charge in [0.15, 0.2) is 0 Å². The van der Waals surface area contributed by atoms with Crippen LogP contribution < -0.4 is 0 Å². The quantitative estimate of drug-likeness (QED) is 0.754. The van der Waals surface area contributed by atoms with Crippen molar-refractivity contribution in [2.75, 3.05) is 0 Å². The minimum atomic E-state index is 0.233. The Hall–Kier alpha value is -1.96. The van der Waals surface area contributed by atoms with Crippen molar-refractivity contribution in [3.63, 3.8) is 0 Å². The molecule has 2 aromatic carbocycles. The monoisotopic (exact) mass is 237 g/mol. The van der Waals surface area contributed by atoms with E-state index in [-0.39, 0.29) is 12.1 Å². The van der Waals surface area contributed by atoms with Crippen LogP contribution in [0, 0.1) is 5.53 Å². The van der Waals surface area contributed by atoms with E-state index in [0.29, 0.717) is 0 Å². The van der Waals surface area contributed by atoms with E-state index in [4.69, 9.17) is 5.53 Å². The molecule has 0 aromatic heterocycles. The van der Waals surface area contributed by atoms with Crippen LogP contribution in [0.15, 0.2) is 60.7 Å². The van der Waals surface area contributed by atoms with Gasteiger partial charge in [0.1, 0.15) is 0 Å². The van der Waals surface area contributed by atoms with Gasteiger partial charge in [-0.15, -0.1) is 4.70 Å². The zero-order chi connectivity index (χ0) is 12.4. The lowest BCUT2D eigenvalue weighted by Crippen LogP contribution is -2.12. The molecule has 0 amide bonds. The first kappa shape index (κ1) is 11.1. The van der Waals surface area contributed by atoms with E-state index in [9.17, 15) is 0 Å². The third-order valence-corrected chi connectivity index (χ3v) is 3.75. The summed E-state index contributed by atoms with van der Waals surface area (Å²) >= 11 is 0. The SMILES string of the molecule is N=[N+]1[C@H](c2ccccc2)CC[C@H]1c1ccccc1. The molecule has 0 bridgehead atoms. The van der Waals surface area contributed by atoms with Crippen molar-refractivity contribution in [2.24, 2.45) is 0 Å². The molecule has 0 unspecified atom stereocenters. The molecule has 0 aliphatic carbocycles. The number of nitrogens with one attached hydrogen (secondary N) is 1. The summed E-state index contributed by atoms with van der Waals surface area (Å²) in [5.41, 5.74) is 10.9. The highest BCUT2D eigenvalue weighted by Crippen LogP contribution is 2.39. The summed E-state index contributed by atoms with van der Waals surface area (Å²) in [6, 6.07) is 21.2. The first-order valence-electron chi connectivity index (χ1n) is 6.46. The van der Waals surface area contributed by atoms with Crippen LogP contribution in [0.5, 0.6) is 0 Å². The van der Waals surface area contributed by atoms with Gasteiger partial charge in [0.25, 0.3) is 0 Å². The fourth-order valence-corrected chi connectivity index (χ4v) is 2.82. The molecule has 18 heavy (non-hydrogen) atoms. The van der Waals surface area contributed by atoms with Crippen LogP contribution >= 0.6 is 0 Å². The number of benzene rings is 2. The van der Waals surface area contributed by atoms with E-state index < -0.39 is 0 Å². The van der Waals surface area contributed by atoms with Gasteiger partial charge in [-0.05, 0) is 0 Å². The summed E-state index contributed by atoms with van der Waals surface area (Å²) in [5.74, 6) is 0. The van der Waals surface area contributed by atoms with Crippen molar-refractivity contribution >= 4 is 0 Å². The fraction of sp³-hybridized carbons (Fsp3) is 0.250. The van der Waals surface area contributed by atoms with E-state index in [1.54, 1.807) is 4.70 Å². The lowest BCUT2D eigenvalue weighted by atomic mass is 10.0. The highest BCUT2D eigenvalue weighted by atomic mass is 15.2. The topological polar surface area (TPSA) is 26.9 Å². The molecule has 0 radical (unpaired) electrons. The third kappa shape index (κ3) is 1.94. The van der Waals surface area contributed by atoms with Crippen LogP contribution in [0.4, 0.5) is 0 Å². The van der Waals surface area contributed by atoms with Crippen molar-refractivity contribution < 1.29 is 4.70 Å². The molecule has 2 aromatic rings. The lowest BCUT2D eigenvalue weighted by molar-refractivity contribution is -0.671. The average Bonchev–Trinajstić information content (AvgIpc) is 2.83. The van der Waals surface area contributed by atoms with Crippen molar-refractivity contribution in [2.45, 2.75) is 24.9 Å². The predicted molar refractivity (Wildman–Crippen MR) is 70.6 cm³/mol. The Balaban J connectivity index is 1.86. The van der Waals surface area contributed by atoms with E-state index in [2.05, 4.69) is 48.5 Å². The van der Waals surface area contributed by atoms with Gasteiger partial charge in [-0.1, -0.05) is 66.2 Å². The van der Waals surface area contributed by atoms with Gasteiger partial charge in [-0.25, -0.2) is 0 Å². The molecule has 90 valence electrons. The maximum atomic E-state index is 8.35. The number of nitrogens with zero attached hydrogens (tertiary/aromatic N) is 1. The van der Waals surface area contributed by atoms with Crippen molar-refractivity contribution in [1.29, 1.82) is 5.53 Å². The Morgan fingerprint density at radius 1 is 0.722 bits per heavy atom. The van der Waals surface area contributed by atoms with E-state index in [1.807, 2.05) is 12.1 Å². The number of rotatable bonds is 2. The molecule has 1 fully saturated rings. The summed E-state index contributed by atoms with van der Waals surface area (Å²) in [4.78, 5) is 0. The molecule has 1 saturated heterocycles. The molecular weight excluding hydrogens is 220 g/mol. The minimum Gasteiger partial charge on any atom is -0.116 e. The lowest BCUT2D eigenvalue weighted by Gasteiger charge is -2.08. The Bertz CT molecular complexity index is 484. The highest BCUT2D eigenvalue weighted by molar-refractivity contribution is 5.21. The molecular formula is C16H17N2+. The van der Waals surface area contributed by atoms with Crippen molar-refractivity contribution in [3.8, 4) is 0 Å². The molecule has 2 atom stereocenters. The van der Waals surface area contributed by atoms with Gasteiger partial charge in [0.05, 0.1) is 0 Å². The maximum Gasteiger partial charge on any atom is 0.203 e. The van der Waals surface area contributed by atoms with Gasteiger partial charge < -0.3 is 0 Å². The second-order valence-electron chi connectivity index (χ2n) is 4.84. The van der Waals surface area contributed by atoms with Crippen molar-refractivity contribution in [3.05, 3.63) is 71.8 Å². The molecule has 2 heteroatoms. The smallest absolute Gasteiger partial charge is 0.116 e. The molecule has 1 aliphatic heterocycles. The van der Waals surface area contributed by atoms with Crippen LogP contribution in [-0.4, -0.2) is 4.70 Å². The Morgan fingerprint density at radius 2 is 1.11 bits per heavy atom. The van der Waals surface area contributed by atoms with Gasteiger partial charge in [-0.2, -0.15) is 0 Å². The van der Waals surface area contributed by atoms with E-state index in [1.165, 1.54) is 11.1 Å². The highest BCUT2D eigenvalue weighted by Gasteiger charge is 2.39. The third-order valence-electron chi connectivity index (χ3n) is 3.75. The maximum absolute atomic E-state index is 8.35. The second-order valence-corrected chi connectivity index (χ2v) is 4.84. The summed E-state index contributed by atoms with van der Waals surface area (Å²) < 4.78 is 1.77. The molecule has 2 nitrogen and oxygen atoms in total. The molecule has 1 heterocycles. The molecule has 3 rings (SSSR count). The Labute approximate surface area is 107 Å². The van der Waals surface area contributed by atoms with E-state index >= 15 is 0 Å². The van der Waals surface area contributed by atoms with Gasteiger partial charge in [0.2, 0.25) is 12.1 Å². The molecule has 1 aliphatic rings. The average molecular weight is 237 g/mol. The fourth-order valence-electron chi connectivity index (χ4n) is 2.82. The first-order valence-corrected chi connectivity index (χ1v) is 6.46. The summed E-state index contributed by atoms with van der Waals surface area (Å²) in [7, 11) is 0. The largest absolute Gasteiger partial charge is 0.203 e. The normalized spacial score (nSPS) is 23.2. The number of hydrogen-bond donors (Lipinski definition) is 1. The molecule has 0 spiro atoms. The van der Waals surface area contributed by atoms with Crippen LogP contribution in [0.2, 0.25) is 0 Å². The summed E-state index contributed by atoms with van der Waals surface area (Å²) in [6.45, 7) is 0.